The minimum Gasteiger partial charge on any atom is -0.363 e. The predicted molar refractivity (Wildman–Crippen MR) is 75.6 cm³/mol. The summed E-state index contributed by atoms with van der Waals surface area (Å²) >= 11 is 0. The molecule has 0 amide bonds. The summed E-state index contributed by atoms with van der Waals surface area (Å²) in [6.07, 6.45) is 6.60. The van der Waals surface area contributed by atoms with E-state index in [1.54, 1.807) is 0 Å². The first kappa shape index (κ1) is 9.72. The summed E-state index contributed by atoms with van der Waals surface area (Å²) in [4.78, 5) is 3.45. The van der Waals surface area contributed by atoms with Gasteiger partial charge in [-0.15, -0.1) is 0 Å². The number of hydrogen-bond acceptors (Lipinski definition) is 0. The Balaban J connectivity index is 1.93. The zero-order valence-electron chi connectivity index (χ0n) is 9.93. The van der Waals surface area contributed by atoms with Gasteiger partial charge in [-0.25, -0.2) is 0 Å². The fourth-order valence-electron chi connectivity index (χ4n) is 2.86. The maximum Gasteiger partial charge on any atom is 0.0436 e. The third-order valence-electron chi connectivity index (χ3n) is 3.74. The maximum atomic E-state index is 3.45. The van der Waals surface area contributed by atoms with Gasteiger partial charge >= 0.3 is 0 Å². The van der Waals surface area contributed by atoms with Gasteiger partial charge in [-0.2, -0.15) is 0 Å². The molecule has 0 radical (unpaired) electrons. The molecule has 1 aromatic heterocycles. The molecule has 1 aliphatic carbocycles. The second kappa shape index (κ2) is 3.61. The molecular weight excluding hydrogens is 218 g/mol. The van der Waals surface area contributed by atoms with Gasteiger partial charge in [0.1, 0.15) is 0 Å². The molecule has 1 heteroatoms. The SMILES string of the molecule is C1=CC(c2[nH]cc3ccccc23)c2ccccc21. The number of hydrogen-bond donors (Lipinski definition) is 1. The van der Waals surface area contributed by atoms with E-state index >= 15 is 0 Å². The van der Waals surface area contributed by atoms with Crippen molar-refractivity contribution in [3.05, 3.63) is 77.6 Å². The van der Waals surface area contributed by atoms with Crippen LogP contribution in [0.5, 0.6) is 0 Å². The summed E-state index contributed by atoms with van der Waals surface area (Å²) in [5.74, 6) is 0.362. The van der Waals surface area contributed by atoms with Gasteiger partial charge in [0.25, 0.3) is 0 Å². The first-order valence-electron chi connectivity index (χ1n) is 6.26. The highest BCUT2D eigenvalue weighted by Crippen LogP contribution is 2.37. The van der Waals surface area contributed by atoms with Crippen LogP contribution in [0, 0.1) is 0 Å². The van der Waals surface area contributed by atoms with Crippen molar-refractivity contribution in [3.63, 3.8) is 0 Å². The monoisotopic (exact) mass is 231 g/mol. The van der Waals surface area contributed by atoms with Gasteiger partial charge in [0.05, 0.1) is 0 Å². The lowest BCUT2D eigenvalue weighted by Gasteiger charge is -2.10. The second-order valence-corrected chi connectivity index (χ2v) is 4.76. The molecule has 3 aromatic rings. The largest absolute Gasteiger partial charge is 0.363 e. The Morgan fingerprint density at radius 2 is 1.72 bits per heavy atom. The van der Waals surface area contributed by atoms with Crippen LogP contribution in [0.3, 0.4) is 0 Å². The number of benzene rings is 2. The Labute approximate surface area is 106 Å². The van der Waals surface area contributed by atoms with Gasteiger partial charge in [0, 0.05) is 23.2 Å². The standard InChI is InChI=1S/C17H13N/c1-3-7-14-12(5-1)9-10-16(14)17-15-8-4-2-6-13(15)11-18-17/h1-11,16,18H. The molecule has 0 saturated carbocycles. The lowest BCUT2D eigenvalue weighted by Crippen LogP contribution is -1.96. The van der Waals surface area contributed by atoms with Crippen LogP contribution >= 0.6 is 0 Å². The van der Waals surface area contributed by atoms with Crippen LogP contribution in [-0.2, 0) is 0 Å². The van der Waals surface area contributed by atoms with Crippen LogP contribution in [-0.4, -0.2) is 4.98 Å². The quantitative estimate of drug-likeness (QED) is 0.641. The molecule has 86 valence electrons. The molecule has 1 nitrogen and oxygen atoms in total. The van der Waals surface area contributed by atoms with Gasteiger partial charge < -0.3 is 4.98 Å². The molecule has 4 rings (SSSR count). The Morgan fingerprint density at radius 3 is 2.72 bits per heavy atom. The van der Waals surface area contributed by atoms with E-state index in [2.05, 4.69) is 71.9 Å². The average molecular weight is 231 g/mol. The highest BCUT2D eigenvalue weighted by molar-refractivity contribution is 5.87. The number of H-pyrrole nitrogens is 1. The van der Waals surface area contributed by atoms with E-state index in [1.165, 1.54) is 27.6 Å². The topological polar surface area (TPSA) is 15.8 Å². The van der Waals surface area contributed by atoms with Gasteiger partial charge in [-0.05, 0) is 16.5 Å². The van der Waals surface area contributed by atoms with Crippen LogP contribution in [0.2, 0.25) is 0 Å². The smallest absolute Gasteiger partial charge is 0.0436 e. The third kappa shape index (κ3) is 1.28. The Hall–Kier alpha value is -2.28. The zero-order chi connectivity index (χ0) is 11.9. The molecule has 0 aliphatic heterocycles. The molecule has 0 saturated heterocycles. The van der Waals surface area contributed by atoms with Crippen LogP contribution < -0.4 is 0 Å². The Kier molecular flexibility index (Phi) is 1.95. The van der Waals surface area contributed by atoms with Gasteiger partial charge in [0.2, 0.25) is 0 Å². The lowest BCUT2D eigenvalue weighted by atomic mass is 9.95. The van der Waals surface area contributed by atoms with E-state index in [0.29, 0.717) is 5.92 Å². The molecule has 1 N–H and O–H groups in total. The first-order chi connectivity index (χ1) is 8.93. The molecule has 0 bridgehead atoms. The summed E-state index contributed by atoms with van der Waals surface area (Å²) in [7, 11) is 0. The van der Waals surface area contributed by atoms with E-state index in [4.69, 9.17) is 0 Å². The number of allylic oxidation sites excluding steroid dienone is 1. The Bertz CT molecular complexity index is 749. The van der Waals surface area contributed by atoms with Crippen molar-refractivity contribution in [2.45, 2.75) is 5.92 Å². The zero-order valence-corrected chi connectivity index (χ0v) is 9.93. The van der Waals surface area contributed by atoms with Crippen molar-refractivity contribution in [1.29, 1.82) is 0 Å². The minimum atomic E-state index is 0.362. The number of fused-ring (bicyclic) bond motifs is 2. The number of aromatic amines is 1. The molecular formula is C17H13N. The highest BCUT2D eigenvalue weighted by atomic mass is 14.7. The van der Waals surface area contributed by atoms with Crippen molar-refractivity contribution >= 4 is 16.8 Å². The molecule has 1 atom stereocenters. The van der Waals surface area contributed by atoms with Gasteiger partial charge in [0.15, 0.2) is 0 Å². The van der Waals surface area contributed by atoms with Crippen molar-refractivity contribution in [3.8, 4) is 0 Å². The molecule has 1 unspecified atom stereocenters. The van der Waals surface area contributed by atoms with Gasteiger partial charge in [-0.1, -0.05) is 60.7 Å². The van der Waals surface area contributed by atoms with E-state index < -0.39 is 0 Å². The Morgan fingerprint density at radius 1 is 0.889 bits per heavy atom. The van der Waals surface area contributed by atoms with Crippen molar-refractivity contribution in [2.75, 3.05) is 0 Å². The third-order valence-corrected chi connectivity index (χ3v) is 3.74. The summed E-state index contributed by atoms with van der Waals surface area (Å²) in [6.45, 7) is 0. The molecule has 0 fully saturated rings. The van der Waals surface area contributed by atoms with E-state index in [-0.39, 0.29) is 0 Å². The molecule has 1 aliphatic rings. The van der Waals surface area contributed by atoms with Crippen LogP contribution in [0.4, 0.5) is 0 Å². The lowest BCUT2D eigenvalue weighted by molar-refractivity contribution is 1.00. The van der Waals surface area contributed by atoms with E-state index in [0.717, 1.165) is 0 Å². The fourth-order valence-corrected chi connectivity index (χ4v) is 2.86. The summed E-state index contributed by atoms with van der Waals surface area (Å²) < 4.78 is 0. The second-order valence-electron chi connectivity index (χ2n) is 4.76. The first-order valence-corrected chi connectivity index (χ1v) is 6.26. The van der Waals surface area contributed by atoms with Gasteiger partial charge in [-0.3, -0.25) is 0 Å². The van der Waals surface area contributed by atoms with Crippen LogP contribution in [0.25, 0.3) is 16.8 Å². The summed E-state index contributed by atoms with van der Waals surface area (Å²) in [6, 6.07) is 17.1. The predicted octanol–water partition coefficient (Wildman–Crippen LogP) is 4.33. The number of rotatable bonds is 1. The van der Waals surface area contributed by atoms with Crippen LogP contribution in [0.15, 0.2) is 60.8 Å². The van der Waals surface area contributed by atoms with E-state index in [1.807, 2.05) is 0 Å². The van der Waals surface area contributed by atoms with Crippen molar-refractivity contribution < 1.29 is 0 Å². The normalized spacial score (nSPS) is 17.2. The summed E-state index contributed by atoms with van der Waals surface area (Å²) in [5, 5.41) is 2.61. The molecule has 1 heterocycles. The maximum absolute atomic E-state index is 3.45. The van der Waals surface area contributed by atoms with Crippen molar-refractivity contribution in [2.24, 2.45) is 0 Å². The number of aromatic nitrogens is 1. The van der Waals surface area contributed by atoms with E-state index in [9.17, 15) is 0 Å². The van der Waals surface area contributed by atoms with Crippen LogP contribution in [0.1, 0.15) is 22.7 Å². The molecule has 18 heavy (non-hydrogen) atoms. The molecule has 2 aromatic carbocycles. The molecule has 0 spiro atoms. The fraction of sp³-hybridized carbons (Fsp3) is 0.0588. The minimum absolute atomic E-state index is 0.362. The van der Waals surface area contributed by atoms with Crippen molar-refractivity contribution in [1.82, 2.24) is 4.98 Å². The number of nitrogens with one attached hydrogen (secondary N) is 1. The average Bonchev–Trinajstić information content (AvgIpc) is 3.01. The highest BCUT2D eigenvalue weighted by Gasteiger charge is 2.21. The summed E-state index contributed by atoms with van der Waals surface area (Å²) in [5.41, 5.74) is 4.03.